The molecule has 7 heteroatoms. The van der Waals surface area contributed by atoms with Crippen molar-refractivity contribution in [2.45, 2.75) is 0 Å². The second kappa shape index (κ2) is 6.72. The topological polar surface area (TPSA) is 89.5 Å². The number of hydrogen-bond acceptors (Lipinski definition) is 4. The molecule has 0 radical (unpaired) electrons. The highest BCUT2D eigenvalue weighted by Crippen LogP contribution is 2.20. The molecule has 0 aliphatic carbocycles. The third kappa shape index (κ3) is 3.38. The maximum absolute atomic E-state index is 12.5. The summed E-state index contributed by atoms with van der Waals surface area (Å²) in [6.45, 7) is 0. The molecule has 0 aliphatic rings. The summed E-state index contributed by atoms with van der Waals surface area (Å²) in [5.41, 5.74) is 3.39. The number of anilines is 1. The van der Waals surface area contributed by atoms with Gasteiger partial charge in [-0.25, -0.2) is 4.98 Å². The molecule has 4 rings (SSSR count). The van der Waals surface area contributed by atoms with Gasteiger partial charge in [-0.1, -0.05) is 30.3 Å². The molecule has 27 heavy (non-hydrogen) atoms. The lowest BCUT2D eigenvalue weighted by molar-refractivity contribution is -0.384. The van der Waals surface area contributed by atoms with Crippen molar-refractivity contribution >= 4 is 22.9 Å². The Morgan fingerprint density at radius 3 is 2.48 bits per heavy atom. The molecule has 0 aliphatic heterocycles. The van der Waals surface area contributed by atoms with E-state index in [0.717, 1.165) is 11.3 Å². The molecule has 4 aromatic rings. The van der Waals surface area contributed by atoms with Gasteiger partial charge in [-0.15, -0.1) is 0 Å². The standard InChI is InChI=1S/C20H14N4O3/c25-20(21-16-6-8-17(9-7-16)24(26)27)15-10-11-23-13-18(22-19(23)12-15)14-4-2-1-3-5-14/h1-13H,(H,21,25). The van der Waals surface area contributed by atoms with Crippen molar-refractivity contribution in [2.75, 3.05) is 5.32 Å². The van der Waals surface area contributed by atoms with E-state index in [-0.39, 0.29) is 11.6 Å². The Bertz CT molecular complexity index is 1140. The van der Waals surface area contributed by atoms with Gasteiger partial charge in [0.1, 0.15) is 5.65 Å². The number of nitro groups is 1. The van der Waals surface area contributed by atoms with E-state index >= 15 is 0 Å². The second-order valence-corrected chi connectivity index (χ2v) is 5.93. The molecule has 7 nitrogen and oxygen atoms in total. The number of nitro benzene ring substituents is 1. The van der Waals surface area contributed by atoms with E-state index in [1.807, 2.05) is 40.9 Å². The minimum atomic E-state index is -0.484. The minimum Gasteiger partial charge on any atom is -0.322 e. The van der Waals surface area contributed by atoms with Crippen LogP contribution in [0.25, 0.3) is 16.9 Å². The van der Waals surface area contributed by atoms with Gasteiger partial charge in [0, 0.05) is 41.3 Å². The third-order valence-electron chi connectivity index (χ3n) is 4.13. The predicted octanol–water partition coefficient (Wildman–Crippen LogP) is 4.16. The first-order valence-electron chi connectivity index (χ1n) is 8.20. The lowest BCUT2D eigenvalue weighted by atomic mass is 10.2. The number of fused-ring (bicyclic) bond motifs is 1. The smallest absolute Gasteiger partial charge is 0.269 e. The number of benzene rings is 2. The predicted molar refractivity (Wildman–Crippen MR) is 102 cm³/mol. The molecule has 132 valence electrons. The van der Waals surface area contributed by atoms with Gasteiger partial charge in [-0.05, 0) is 24.3 Å². The number of nitrogens with one attached hydrogen (secondary N) is 1. The first kappa shape index (κ1) is 16.5. The van der Waals surface area contributed by atoms with E-state index in [9.17, 15) is 14.9 Å². The number of hydrogen-bond donors (Lipinski definition) is 1. The van der Waals surface area contributed by atoms with Gasteiger partial charge < -0.3 is 9.72 Å². The van der Waals surface area contributed by atoms with Gasteiger partial charge >= 0.3 is 0 Å². The Morgan fingerprint density at radius 2 is 1.78 bits per heavy atom. The molecular formula is C20H14N4O3. The zero-order chi connectivity index (χ0) is 18.8. The second-order valence-electron chi connectivity index (χ2n) is 5.93. The Balaban J connectivity index is 1.58. The van der Waals surface area contributed by atoms with E-state index < -0.39 is 4.92 Å². The van der Waals surface area contributed by atoms with E-state index in [0.29, 0.717) is 16.9 Å². The van der Waals surface area contributed by atoms with Crippen LogP contribution in [0.15, 0.2) is 79.1 Å². The average molecular weight is 358 g/mol. The Labute approximate surface area is 154 Å². The third-order valence-corrected chi connectivity index (χ3v) is 4.13. The summed E-state index contributed by atoms with van der Waals surface area (Å²) in [6, 6.07) is 18.9. The summed E-state index contributed by atoms with van der Waals surface area (Å²) in [6.07, 6.45) is 3.68. The van der Waals surface area contributed by atoms with Crippen LogP contribution in [0.2, 0.25) is 0 Å². The number of nitrogens with zero attached hydrogens (tertiary/aromatic N) is 3. The van der Waals surface area contributed by atoms with Gasteiger partial charge in [-0.3, -0.25) is 14.9 Å². The summed E-state index contributed by atoms with van der Waals surface area (Å²) >= 11 is 0. The van der Waals surface area contributed by atoms with Crippen molar-refractivity contribution in [3.05, 3.63) is 94.8 Å². The molecule has 0 saturated heterocycles. The SMILES string of the molecule is O=C(Nc1ccc([N+](=O)[O-])cc1)c1ccn2cc(-c3ccccc3)nc2c1. The first-order chi connectivity index (χ1) is 13.1. The van der Waals surface area contributed by atoms with Gasteiger partial charge in [0.15, 0.2) is 0 Å². The number of imidazole rings is 1. The maximum atomic E-state index is 12.5. The summed E-state index contributed by atoms with van der Waals surface area (Å²) < 4.78 is 1.85. The maximum Gasteiger partial charge on any atom is 0.269 e. The van der Waals surface area contributed by atoms with Crippen LogP contribution in [0.1, 0.15) is 10.4 Å². The fourth-order valence-corrected chi connectivity index (χ4v) is 2.74. The highest BCUT2D eigenvalue weighted by molar-refractivity contribution is 6.04. The molecule has 0 saturated carbocycles. The van der Waals surface area contributed by atoms with Crippen LogP contribution in [0.5, 0.6) is 0 Å². The molecule has 0 fully saturated rings. The quantitative estimate of drug-likeness (QED) is 0.438. The number of carbonyl (C=O) groups is 1. The fourth-order valence-electron chi connectivity index (χ4n) is 2.74. The molecule has 1 N–H and O–H groups in total. The lowest BCUT2D eigenvalue weighted by Gasteiger charge is -2.05. The highest BCUT2D eigenvalue weighted by atomic mass is 16.6. The molecule has 0 spiro atoms. The van der Waals surface area contributed by atoms with Crippen LogP contribution in [-0.4, -0.2) is 20.2 Å². The number of carbonyl (C=O) groups excluding carboxylic acids is 1. The molecule has 2 heterocycles. The Morgan fingerprint density at radius 1 is 1.04 bits per heavy atom. The summed E-state index contributed by atoms with van der Waals surface area (Å²) in [4.78, 5) is 27.3. The summed E-state index contributed by atoms with van der Waals surface area (Å²) in [7, 11) is 0. The van der Waals surface area contributed by atoms with Crippen molar-refractivity contribution in [3.63, 3.8) is 0 Å². The fraction of sp³-hybridized carbons (Fsp3) is 0. The normalized spacial score (nSPS) is 10.7. The van der Waals surface area contributed by atoms with E-state index in [2.05, 4.69) is 10.3 Å². The number of aromatic nitrogens is 2. The Kier molecular flexibility index (Phi) is 4.10. The Hall–Kier alpha value is -4.00. The zero-order valence-electron chi connectivity index (χ0n) is 14.1. The van der Waals surface area contributed by atoms with E-state index in [4.69, 9.17) is 0 Å². The number of amides is 1. The molecule has 0 atom stereocenters. The monoisotopic (exact) mass is 358 g/mol. The molecule has 0 unspecified atom stereocenters. The molecule has 0 bridgehead atoms. The number of non-ortho nitro benzene ring substituents is 1. The first-order valence-corrected chi connectivity index (χ1v) is 8.20. The summed E-state index contributed by atoms with van der Waals surface area (Å²) in [5.74, 6) is -0.310. The van der Waals surface area contributed by atoms with Crippen LogP contribution >= 0.6 is 0 Å². The summed E-state index contributed by atoms with van der Waals surface area (Å²) in [5, 5.41) is 13.4. The molecule has 1 amide bonds. The van der Waals surface area contributed by atoms with E-state index in [1.165, 1.54) is 24.3 Å². The van der Waals surface area contributed by atoms with Crippen LogP contribution in [0, 0.1) is 10.1 Å². The van der Waals surface area contributed by atoms with Crippen molar-refractivity contribution < 1.29 is 9.72 Å². The van der Waals surface area contributed by atoms with Crippen LogP contribution in [0.3, 0.4) is 0 Å². The van der Waals surface area contributed by atoms with Crippen molar-refractivity contribution in [2.24, 2.45) is 0 Å². The van der Waals surface area contributed by atoms with Crippen molar-refractivity contribution in [3.8, 4) is 11.3 Å². The number of rotatable bonds is 4. The van der Waals surface area contributed by atoms with Gasteiger partial charge in [0.25, 0.3) is 11.6 Å². The number of pyridine rings is 1. The lowest BCUT2D eigenvalue weighted by Crippen LogP contribution is -2.12. The van der Waals surface area contributed by atoms with E-state index in [1.54, 1.807) is 18.3 Å². The molecular weight excluding hydrogens is 344 g/mol. The largest absolute Gasteiger partial charge is 0.322 e. The van der Waals surface area contributed by atoms with Gasteiger partial charge in [0.2, 0.25) is 0 Å². The zero-order valence-corrected chi connectivity index (χ0v) is 14.1. The highest BCUT2D eigenvalue weighted by Gasteiger charge is 2.11. The van der Waals surface area contributed by atoms with Crippen LogP contribution < -0.4 is 5.32 Å². The molecule has 2 aromatic heterocycles. The molecule has 2 aromatic carbocycles. The van der Waals surface area contributed by atoms with Crippen LogP contribution in [-0.2, 0) is 0 Å². The van der Waals surface area contributed by atoms with Gasteiger partial charge in [-0.2, -0.15) is 0 Å². The van der Waals surface area contributed by atoms with Crippen molar-refractivity contribution in [1.29, 1.82) is 0 Å². The minimum absolute atomic E-state index is 0.0276. The van der Waals surface area contributed by atoms with Gasteiger partial charge in [0.05, 0.1) is 10.6 Å². The van der Waals surface area contributed by atoms with Crippen LogP contribution in [0.4, 0.5) is 11.4 Å². The van der Waals surface area contributed by atoms with Crippen molar-refractivity contribution in [1.82, 2.24) is 9.38 Å². The average Bonchev–Trinajstić information content (AvgIpc) is 3.12.